The molecule has 2 heterocycles. The maximum atomic E-state index is 12.0. The number of hydrogen-bond donors (Lipinski definition) is 2. The van der Waals surface area contributed by atoms with E-state index in [1.807, 2.05) is 42.7 Å². The fraction of sp³-hybridized carbons (Fsp3) is 0.158. The summed E-state index contributed by atoms with van der Waals surface area (Å²) in [5, 5.41) is 5.33. The van der Waals surface area contributed by atoms with Gasteiger partial charge < -0.3 is 15.2 Å². The van der Waals surface area contributed by atoms with Crippen LogP contribution >= 0.6 is 0 Å². The molecule has 0 saturated heterocycles. The Hall–Kier alpha value is -3.48. The van der Waals surface area contributed by atoms with Crippen LogP contribution in [0.5, 0.6) is 0 Å². The van der Waals surface area contributed by atoms with Crippen LogP contribution in [0, 0.1) is 13.8 Å². The number of aryl methyl sites for hydroxylation is 1. The molecule has 0 radical (unpaired) electrons. The minimum absolute atomic E-state index is 0.108. The molecule has 0 unspecified atom stereocenters. The van der Waals surface area contributed by atoms with E-state index in [4.69, 9.17) is 0 Å². The monoisotopic (exact) mass is 349 g/mol. The topological polar surface area (TPSA) is 88.9 Å². The smallest absolute Gasteiger partial charge is 0.251 e. The third-order valence-electron chi connectivity index (χ3n) is 4.03. The van der Waals surface area contributed by atoms with Crippen molar-refractivity contribution in [2.24, 2.45) is 0 Å². The van der Waals surface area contributed by atoms with Crippen LogP contribution in [0.15, 0.2) is 55.1 Å². The van der Waals surface area contributed by atoms with Crippen LogP contribution in [-0.2, 0) is 4.79 Å². The Labute approximate surface area is 151 Å². The summed E-state index contributed by atoms with van der Waals surface area (Å²) >= 11 is 0. The molecule has 2 aromatic heterocycles. The van der Waals surface area contributed by atoms with E-state index in [-0.39, 0.29) is 18.4 Å². The van der Waals surface area contributed by atoms with E-state index in [0.29, 0.717) is 11.3 Å². The fourth-order valence-corrected chi connectivity index (χ4v) is 2.44. The molecule has 0 bridgehead atoms. The SMILES string of the molecule is Cc1ncn(-c2ccc(NC(=O)CNC(=O)c3ccncc3)cc2)c1C. The number of carbonyl (C=O) groups is 2. The molecular weight excluding hydrogens is 330 g/mol. The molecule has 0 aliphatic carbocycles. The van der Waals surface area contributed by atoms with Gasteiger partial charge in [-0.25, -0.2) is 4.98 Å². The summed E-state index contributed by atoms with van der Waals surface area (Å²) in [6, 6.07) is 10.6. The number of anilines is 1. The number of aromatic nitrogens is 3. The molecule has 0 aliphatic heterocycles. The lowest BCUT2D eigenvalue weighted by Gasteiger charge is -2.09. The highest BCUT2D eigenvalue weighted by Gasteiger charge is 2.09. The number of imidazole rings is 1. The average Bonchev–Trinajstić information content (AvgIpc) is 3.00. The Bertz CT molecular complexity index is 917. The second-order valence-corrected chi connectivity index (χ2v) is 5.80. The Morgan fingerprint density at radius 3 is 2.35 bits per heavy atom. The predicted molar refractivity (Wildman–Crippen MR) is 98.2 cm³/mol. The van der Waals surface area contributed by atoms with Crippen LogP contribution in [0.25, 0.3) is 5.69 Å². The second kappa shape index (κ2) is 7.60. The standard InChI is InChI=1S/C19H19N5O2/c1-13-14(2)24(12-22-13)17-5-3-16(4-6-17)23-18(25)11-21-19(26)15-7-9-20-10-8-15/h3-10,12H,11H2,1-2H3,(H,21,26)(H,23,25). The summed E-state index contributed by atoms with van der Waals surface area (Å²) < 4.78 is 1.98. The van der Waals surface area contributed by atoms with Crippen molar-refractivity contribution in [2.45, 2.75) is 13.8 Å². The highest BCUT2D eigenvalue weighted by molar-refractivity contribution is 5.99. The summed E-state index contributed by atoms with van der Waals surface area (Å²) in [5.74, 6) is -0.612. The van der Waals surface area contributed by atoms with Crippen molar-refractivity contribution >= 4 is 17.5 Å². The lowest BCUT2D eigenvalue weighted by molar-refractivity contribution is -0.115. The first-order chi connectivity index (χ1) is 12.5. The zero-order valence-corrected chi connectivity index (χ0v) is 14.6. The largest absolute Gasteiger partial charge is 0.343 e. The number of nitrogens with one attached hydrogen (secondary N) is 2. The highest BCUT2D eigenvalue weighted by Crippen LogP contribution is 2.16. The molecule has 0 spiro atoms. The van der Waals surface area contributed by atoms with Gasteiger partial charge in [0.25, 0.3) is 5.91 Å². The number of rotatable bonds is 5. The van der Waals surface area contributed by atoms with Crippen LogP contribution in [0.2, 0.25) is 0 Å². The average molecular weight is 349 g/mol. The molecule has 0 saturated carbocycles. The van der Waals surface area contributed by atoms with E-state index < -0.39 is 0 Å². The van der Waals surface area contributed by atoms with E-state index >= 15 is 0 Å². The minimum atomic E-state index is -0.316. The fourth-order valence-electron chi connectivity index (χ4n) is 2.44. The Balaban J connectivity index is 1.56. The van der Waals surface area contributed by atoms with Gasteiger partial charge in [0.1, 0.15) is 0 Å². The van der Waals surface area contributed by atoms with E-state index in [0.717, 1.165) is 17.1 Å². The summed E-state index contributed by atoms with van der Waals surface area (Å²) in [4.78, 5) is 32.0. The van der Waals surface area contributed by atoms with Gasteiger partial charge in [-0.2, -0.15) is 0 Å². The van der Waals surface area contributed by atoms with Crippen molar-refractivity contribution in [3.05, 3.63) is 72.1 Å². The Morgan fingerprint density at radius 1 is 1.04 bits per heavy atom. The number of hydrogen-bond acceptors (Lipinski definition) is 4. The minimum Gasteiger partial charge on any atom is -0.343 e. The summed E-state index contributed by atoms with van der Waals surface area (Å²) in [7, 11) is 0. The van der Waals surface area contributed by atoms with Crippen LogP contribution in [0.4, 0.5) is 5.69 Å². The lowest BCUT2D eigenvalue weighted by Crippen LogP contribution is -2.32. The number of amides is 2. The van der Waals surface area contributed by atoms with Gasteiger partial charge >= 0.3 is 0 Å². The first-order valence-corrected chi connectivity index (χ1v) is 8.13. The zero-order chi connectivity index (χ0) is 18.5. The van der Waals surface area contributed by atoms with Crippen LogP contribution in [-0.4, -0.2) is 32.9 Å². The van der Waals surface area contributed by atoms with Crippen LogP contribution in [0.3, 0.4) is 0 Å². The van der Waals surface area contributed by atoms with Crippen LogP contribution < -0.4 is 10.6 Å². The molecule has 0 fully saturated rings. The van der Waals surface area contributed by atoms with Gasteiger partial charge in [-0.15, -0.1) is 0 Å². The lowest BCUT2D eigenvalue weighted by atomic mass is 10.2. The quantitative estimate of drug-likeness (QED) is 0.739. The molecule has 26 heavy (non-hydrogen) atoms. The summed E-state index contributed by atoms with van der Waals surface area (Å²) in [6.07, 6.45) is 4.83. The molecule has 132 valence electrons. The normalized spacial score (nSPS) is 10.4. The Kier molecular flexibility index (Phi) is 5.07. The number of benzene rings is 1. The third-order valence-corrected chi connectivity index (χ3v) is 4.03. The molecular formula is C19H19N5O2. The molecule has 3 rings (SSSR count). The van der Waals surface area contributed by atoms with Crippen LogP contribution in [0.1, 0.15) is 21.7 Å². The van der Waals surface area contributed by atoms with Gasteiger partial charge in [-0.3, -0.25) is 14.6 Å². The predicted octanol–water partition coefficient (Wildman–Crippen LogP) is 2.25. The number of pyridine rings is 1. The van der Waals surface area contributed by atoms with Crippen molar-refractivity contribution in [3.63, 3.8) is 0 Å². The van der Waals surface area contributed by atoms with Crippen molar-refractivity contribution < 1.29 is 9.59 Å². The first-order valence-electron chi connectivity index (χ1n) is 8.13. The van der Waals surface area contributed by atoms with Gasteiger partial charge in [0, 0.05) is 35.0 Å². The van der Waals surface area contributed by atoms with Crippen molar-refractivity contribution in [2.75, 3.05) is 11.9 Å². The second-order valence-electron chi connectivity index (χ2n) is 5.80. The molecule has 3 aromatic rings. The zero-order valence-electron chi connectivity index (χ0n) is 14.6. The first kappa shape index (κ1) is 17.3. The van der Waals surface area contributed by atoms with Crippen molar-refractivity contribution in [1.82, 2.24) is 19.9 Å². The van der Waals surface area contributed by atoms with Gasteiger partial charge in [0.2, 0.25) is 5.91 Å². The summed E-state index contributed by atoms with van der Waals surface area (Å²) in [5.41, 5.74) is 4.13. The summed E-state index contributed by atoms with van der Waals surface area (Å²) in [6.45, 7) is 3.85. The van der Waals surface area contributed by atoms with Gasteiger partial charge in [0.15, 0.2) is 0 Å². The maximum absolute atomic E-state index is 12.0. The van der Waals surface area contributed by atoms with E-state index in [1.54, 1.807) is 18.5 Å². The molecule has 0 atom stereocenters. The molecule has 2 N–H and O–H groups in total. The number of nitrogens with zero attached hydrogens (tertiary/aromatic N) is 3. The van der Waals surface area contributed by atoms with E-state index in [9.17, 15) is 9.59 Å². The molecule has 0 aliphatic rings. The van der Waals surface area contributed by atoms with Crippen molar-refractivity contribution in [3.8, 4) is 5.69 Å². The number of carbonyl (C=O) groups excluding carboxylic acids is 2. The van der Waals surface area contributed by atoms with Crippen molar-refractivity contribution in [1.29, 1.82) is 0 Å². The Morgan fingerprint density at radius 2 is 1.73 bits per heavy atom. The molecule has 1 aromatic carbocycles. The highest BCUT2D eigenvalue weighted by atomic mass is 16.2. The third kappa shape index (κ3) is 3.94. The molecule has 7 heteroatoms. The maximum Gasteiger partial charge on any atom is 0.251 e. The molecule has 7 nitrogen and oxygen atoms in total. The van der Waals surface area contributed by atoms with Gasteiger partial charge in [0.05, 0.1) is 18.6 Å². The van der Waals surface area contributed by atoms with Gasteiger partial charge in [-0.1, -0.05) is 0 Å². The van der Waals surface area contributed by atoms with E-state index in [1.165, 1.54) is 12.4 Å². The van der Waals surface area contributed by atoms with E-state index in [2.05, 4.69) is 20.6 Å². The van der Waals surface area contributed by atoms with Gasteiger partial charge in [-0.05, 0) is 50.2 Å². The molecule has 2 amide bonds.